The van der Waals surface area contributed by atoms with E-state index in [4.69, 9.17) is 53.8 Å². The van der Waals surface area contributed by atoms with Crippen LogP contribution in [0.1, 0.15) is 13.8 Å². The molecule has 2 heterocycles. The molecule has 2 aliphatic heterocycles. The average molecular weight is 360 g/mol. The van der Waals surface area contributed by atoms with Crippen LogP contribution in [0.25, 0.3) is 0 Å². The first kappa shape index (κ1) is 17.0. The largest absolute Gasteiger partial charge is 0.456 e. The number of allylic oxidation sites excluding steroid dienone is 1. The molecule has 21 heavy (non-hydrogen) atoms. The third-order valence-electron chi connectivity index (χ3n) is 2.84. The molecule has 6 nitrogen and oxygen atoms in total. The smallest absolute Gasteiger partial charge is 0.303 e. The van der Waals surface area contributed by atoms with Crippen LogP contribution in [0.4, 0.5) is 0 Å². The molecule has 0 aromatic heterocycles. The molecule has 0 aromatic rings. The van der Waals surface area contributed by atoms with E-state index < -0.39 is 40.7 Å². The van der Waals surface area contributed by atoms with Crippen molar-refractivity contribution < 1.29 is 28.5 Å². The van der Waals surface area contributed by atoms with Gasteiger partial charge in [-0.2, -0.15) is 0 Å². The third-order valence-corrected chi connectivity index (χ3v) is 3.37. The number of ether oxygens (including phenoxy) is 4. The van der Waals surface area contributed by atoms with Crippen LogP contribution in [0, 0.1) is 0 Å². The van der Waals surface area contributed by atoms with Crippen molar-refractivity contribution in [1.82, 2.24) is 0 Å². The Labute approximate surface area is 136 Å². The normalized spacial score (nSPS) is 36.0. The van der Waals surface area contributed by atoms with Gasteiger partial charge in [-0.25, -0.2) is 0 Å². The Morgan fingerprint density at radius 2 is 1.81 bits per heavy atom. The SMILES string of the molecule is CC(=O)/C=C/C1O[C@@H]2OC(C(Cl)(Cl)Cl)O[C@@H]2[C@H]1OC(C)=O. The molecule has 5 atom stereocenters. The minimum atomic E-state index is -1.79. The van der Waals surface area contributed by atoms with Crippen LogP contribution in [0.2, 0.25) is 0 Å². The summed E-state index contributed by atoms with van der Waals surface area (Å²) >= 11 is 17.1. The summed E-state index contributed by atoms with van der Waals surface area (Å²) in [5, 5.41) is 0. The van der Waals surface area contributed by atoms with Gasteiger partial charge in [0.15, 0.2) is 24.3 Å². The summed E-state index contributed by atoms with van der Waals surface area (Å²) in [5.41, 5.74) is 0. The molecule has 0 radical (unpaired) electrons. The van der Waals surface area contributed by atoms with Crippen molar-refractivity contribution in [3.63, 3.8) is 0 Å². The molecule has 9 heteroatoms. The van der Waals surface area contributed by atoms with E-state index in [1.165, 1.54) is 26.0 Å². The van der Waals surface area contributed by atoms with Gasteiger partial charge >= 0.3 is 5.97 Å². The maximum atomic E-state index is 11.2. The van der Waals surface area contributed by atoms with E-state index in [2.05, 4.69) is 0 Å². The average Bonchev–Trinajstić information content (AvgIpc) is 2.85. The van der Waals surface area contributed by atoms with Crippen molar-refractivity contribution in [2.45, 2.75) is 48.5 Å². The van der Waals surface area contributed by atoms with Gasteiger partial charge in [0.05, 0.1) is 0 Å². The molecule has 2 fully saturated rings. The first-order chi connectivity index (χ1) is 9.68. The number of fused-ring (bicyclic) bond motifs is 1. The van der Waals surface area contributed by atoms with Crippen LogP contribution in [0.15, 0.2) is 12.2 Å². The number of ketones is 1. The molecule has 2 saturated heterocycles. The lowest BCUT2D eigenvalue weighted by Gasteiger charge is -2.23. The van der Waals surface area contributed by atoms with Crippen LogP contribution in [-0.4, -0.2) is 46.4 Å². The lowest BCUT2D eigenvalue weighted by molar-refractivity contribution is -0.171. The number of alkyl halides is 3. The van der Waals surface area contributed by atoms with Crippen molar-refractivity contribution in [1.29, 1.82) is 0 Å². The van der Waals surface area contributed by atoms with Crippen LogP contribution >= 0.6 is 34.8 Å². The van der Waals surface area contributed by atoms with Gasteiger partial charge in [0.1, 0.15) is 6.10 Å². The maximum Gasteiger partial charge on any atom is 0.303 e. The molecule has 0 saturated carbocycles. The van der Waals surface area contributed by atoms with Gasteiger partial charge in [-0.15, -0.1) is 0 Å². The highest BCUT2D eigenvalue weighted by atomic mass is 35.6. The molecule has 0 amide bonds. The van der Waals surface area contributed by atoms with Gasteiger partial charge in [-0.3, -0.25) is 9.59 Å². The first-order valence-corrected chi connectivity index (χ1v) is 7.21. The van der Waals surface area contributed by atoms with E-state index in [1.807, 2.05) is 0 Å². The molecule has 2 aliphatic rings. The second kappa shape index (κ2) is 6.40. The zero-order valence-electron chi connectivity index (χ0n) is 11.1. The quantitative estimate of drug-likeness (QED) is 0.435. The predicted molar refractivity (Wildman–Crippen MR) is 74.1 cm³/mol. The van der Waals surface area contributed by atoms with E-state index in [9.17, 15) is 9.59 Å². The van der Waals surface area contributed by atoms with E-state index in [1.54, 1.807) is 0 Å². The molecule has 0 bridgehead atoms. The Balaban J connectivity index is 2.13. The minimum absolute atomic E-state index is 0.168. The summed E-state index contributed by atoms with van der Waals surface area (Å²) in [6, 6.07) is 0. The highest BCUT2D eigenvalue weighted by Crippen LogP contribution is 2.43. The highest BCUT2D eigenvalue weighted by Gasteiger charge is 2.57. The fraction of sp³-hybridized carbons (Fsp3) is 0.667. The third kappa shape index (κ3) is 4.09. The molecule has 0 spiro atoms. The van der Waals surface area contributed by atoms with Gasteiger partial charge < -0.3 is 18.9 Å². The Bertz CT molecular complexity index is 460. The Morgan fingerprint density at radius 3 is 2.33 bits per heavy atom. The Morgan fingerprint density at radius 1 is 1.14 bits per heavy atom. The maximum absolute atomic E-state index is 11.2. The number of carbonyl (C=O) groups excluding carboxylic acids is 2. The first-order valence-electron chi connectivity index (χ1n) is 6.07. The van der Waals surface area contributed by atoms with Crippen molar-refractivity contribution >= 4 is 46.6 Å². The van der Waals surface area contributed by atoms with E-state index in [0.29, 0.717) is 0 Å². The van der Waals surface area contributed by atoms with Crippen molar-refractivity contribution in [3.05, 3.63) is 12.2 Å². The van der Waals surface area contributed by atoms with E-state index >= 15 is 0 Å². The molecule has 2 unspecified atom stereocenters. The van der Waals surface area contributed by atoms with Crippen LogP contribution < -0.4 is 0 Å². The monoisotopic (exact) mass is 358 g/mol. The Hall–Kier alpha value is -0.370. The standard InChI is InChI=1S/C12H13Cl3O6/c1-5(16)3-4-7-8(18-6(2)17)9-10(19-7)21-11(20-9)12(13,14)15/h3-4,7-11H,1-2H3/b4-3+/t7?,8-,9+,10+,11?/m0/s1. The van der Waals surface area contributed by atoms with Crippen molar-refractivity contribution in [2.24, 2.45) is 0 Å². The second-order valence-electron chi connectivity index (χ2n) is 4.62. The minimum Gasteiger partial charge on any atom is -0.456 e. The van der Waals surface area contributed by atoms with Crippen LogP contribution in [0.3, 0.4) is 0 Å². The highest BCUT2D eigenvalue weighted by molar-refractivity contribution is 6.67. The zero-order chi connectivity index (χ0) is 15.8. The summed E-state index contributed by atoms with van der Waals surface area (Å²) in [5.74, 6) is -0.690. The molecule has 0 aromatic carbocycles. The summed E-state index contributed by atoms with van der Waals surface area (Å²) in [6.07, 6.45) is -1.40. The number of esters is 1. The van der Waals surface area contributed by atoms with Crippen molar-refractivity contribution in [3.8, 4) is 0 Å². The fourth-order valence-electron chi connectivity index (χ4n) is 2.06. The second-order valence-corrected chi connectivity index (χ2v) is 6.99. The lowest BCUT2D eigenvalue weighted by Crippen LogP contribution is -2.37. The van der Waals surface area contributed by atoms with Gasteiger partial charge in [-0.05, 0) is 19.1 Å². The number of carbonyl (C=O) groups is 2. The van der Waals surface area contributed by atoms with Crippen molar-refractivity contribution in [2.75, 3.05) is 0 Å². The molecule has 0 N–H and O–H groups in total. The molecular weight excluding hydrogens is 346 g/mol. The summed E-state index contributed by atoms with van der Waals surface area (Å²) in [6.45, 7) is 2.64. The van der Waals surface area contributed by atoms with E-state index in [-0.39, 0.29) is 5.78 Å². The van der Waals surface area contributed by atoms with Gasteiger partial charge in [-0.1, -0.05) is 34.8 Å². The topological polar surface area (TPSA) is 71.1 Å². The van der Waals surface area contributed by atoms with Gasteiger partial charge in [0, 0.05) is 6.92 Å². The zero-order valence-corrected chi connectivity index (χ0v) is 13.4. The predicted octanol–water partition coefficient (Wildman–Crippen LogP) is 1.90. The van der Waals surface area contributed by atoms with Crippen LogP contribution in [0.5, 0.6) is 0 Å². The summed E-state index contributed by atoms with van der Waals surface area (Å²) < 4.78 is 19.7. The number of halogens is 3. The summed E-state index contributed by atoms with van der Waals surface area (Å²) in [7, 11) is 0. The molecule has 2 rings (SSSR count). The van der Waals surface area contributed by atoms with Gasteiger partial charge in [0.25, 0.3) is 0 Å². The molecular formula is C12H13Cl3O6. The molecule has 0 aliphatic carbocycles. The van der Waals surface area contributed by atoms with E-state index in [0.717, 1.165) is 0 Å². The fourth-order valence-corrected chi connectivity index (χ4v) is 2.37. The molecule has 118 valence electrons. The number of rotatable bonds is 3. The Kier molecular flexibility index (Phi) is 5.18. The summed E-state index contributed by atoms with van der Waals surface area (Å²) in [4.78, 5) is 22.2. The number of hydrogen-bond acceptors (Lipinski definition) is 6. The number of hydrogen-bond donors (Lipinski definition) is 0. The van der Waals surface area contributed by atoms with Gasteiger partial charge in [0.2, 0.25) is 10.1 Å². The van der Waals surface area contributed by atoms with Crippen LogP contribution in [-0.2, 0) is 28.5 Å². The lowest BCUT2D eigenvalue weighted by atomic mass is 10.1.